The van der Waals surface area contributed by atoms with Gasteiger partial charge in [-0.25, -0.2) is 9.97 Å². The average Bonchev–Trinajstić information content (AvgIpc) is 2.93. The second-order valence-electron chi connectivity index (χ2n) is 5.65. The topological polar surface area (TPSA) is 58.6 Å². The Morgan fingerprint density at radius 3 is 3.05 bits per heavy atom. The van der Waals surface area contributed by atoms with E-state index in [4.69, 9.17) is 0 Å². The number of aromatic amines is 1. The van der Waals surface area contributed by atoms with Crippen molar-refractivity contribution >= 4 is 32.9 Å². The highest BCUT2D eigenvalue weighted by molar-refractivity contribution is 9.10. The maximum Gasteiger partial charge on any atom is 0.185 e. The van der Waals surface area contributed by atoms with Gasteiger partial charge in [-0.15, -0.1) is 0 Å². The fourth-order valence-electron chi connectivity index (χ4n) is 2.99. The molecule has 0 saturated heterocycles. The number of ketones is 1. The average molecular weight is 322 g/mol. The number of hydrogen-bond donors (Lipinski definition) is 1. The number of nitrogens with one attached hydrogen (secondary N) is 1. The van der Waals surface area contributed by atoms with Crippen LogP contribution in [0.2, 0.25) is 0 Å². The van der Waals surface area contributed by atoms with Crippen molar-refractivity contribution < 1.29 is 4.79 Å². The van der Waals surface area contributed by atoms with E-state index < -0.39 is 0 Å². The first kappa shape index (κ1) is 12.8. The molecule has 2 heterocycles. The van der Waals surface area contributed by atoms with Crippen molar-refractivity contribution in [3.05, 3.63) is 22.6 Å². The zero-order valence-electron chi connectivity index (χ0n) is 11.0. The number of H-pyrrole nitrogens is 1. The number of carbonyl (C=O) groups is 1. The number of hydrogen-bond acceptors (Lipinski definition) is 3. The Kier molecular flexibility index (Phi) is 2.96. The van der Waals surface area contributed by atoms with Crippen LogP contribution in [0.5, 0.6) is 0 Å². The molecule has 0 spiro atoms. The molecule has 4 nitrogen and oxygen atoms in total. The third-order valence-corrected chi connectivity index (χ3v) is 4.87. The number of halogens is 1. The number of carbonyl (C=O) groups excluding carboxylic acids is 1. The van der Waals surface area contributed by atoms with Crippen LogP contribution in [-0.2, 0) is 0 Å². The number of aromatic nitrogens is 3. The minimum atomic E-state index is -0.252. The highest BCUT2D eigenvalue weighted by Crippen LogP contribution is 2.45. The molecule has 2 aromatic heterocycles. The highest BCUT2D eigenvalue weighted by Gasteiger charge is 2.43. The van der Waals surface area contributed by atoms with Gasteiger partial charge in [0, 0.05) is 5.41 Å². The Morgan fingerprint density at radius 1 is 1.58 bits per heavy atom. The zero-order chi connectivity index (χ0) is 13.6. The molecule has 0 amide bonds. The van der Waals surface area contributed by atoms with Gasteiger partial charge >= 0.3 is 0 Å². The predicted molar refractivity (Wildman–Crippen MR) is 77.0 cm³/mol. The number of fused-ring (bicyclic) bond motifs is 1. The van der Waals surface area contributed by atoms with Crippen LogP contribution < -0.4 is 0 Å². The second-order valence-corrected chi connectivity index (χ2v) is 6.46. The van der Waals surface area contributed by atoms with Crippen molar-refractivity contribution in [1.29, 1.82) is 0 Å². The third-order valence-electron chi connectivity index (χ3n) is 4.49. The lowest BCUT2D eigenvalue weighted by atomic mass is 9.76. The minimum Gasteiger partial charge on any atom is -0.335 e. The lowest BCUT2D eigenvalue weighted by molar-refractivity contribution is 0.0760. The molecule has 100 valence electrons. The maximum atomic E-state index is 12.7. The summed E-state index contributed by atoms with van der Waals surface area (Å²) in [5, 5.41) is 0. The minimum absolute atomic E-state index is 0.188. The van der Waals surface area contributed by atoms with E-state index in [-0.39, 0.29) is 11.2 Å². The predicted octanol–water partition coefficient (Wildman–Crippen LogP) is 3.73. The smallest absolute Gasteiger partial charge is 0.185 e. The summed E-state index contributed by atoms with van der Waals surface area (Å²) in [4.78, 5) is 24.4. The summed E-state index contributed by atoms with van der Waals surface area (Å²) in [6.07, 6.45) is 4.86. The van der Waals surface area contributed by atoms with Crippen LogP contribution in [0.15, 0.2) is 16.9 Å². The molecule has 0 aliphatic heterocycles. The Bertz CT molecular complexity index is 651. The van der Waals surface area contributed by atoms with E-state index in [2.05, 4.69) is 44.7 Å². The lowest BCUT2D eigenvalue weighted by Gasteiger charge is -2.26. The summed E-state index contributed by atoms with van der Waals surface area (Å²) in [6, 6.07) is 1.81. The normalized spacial score (nSPS) is 27.0. The SMILES string of the molecule is C[C@H]1CCC[C@]1(C)C(=O)c1cc2nc(Br)cnc2[nH]1. The largest absolute Gasteiger partial charge is 0.335 e. The molecule has 0 radical (unpaired) electrons. The molecule has 1 aliphatic rings. The molecule has 1 N–H and O–H groups in total. The fourth-order valence-corrected chi connectivity index (χ4v) is 3.28. The molecule has 1 fully saturated rings. The van der Waals surface area contributed by atoms with Gasteiger partial charge in [0.2, 0.25) is 0 Å². The molecule has 1 saturated carbocycles. The zero-order valence-corrected chi connectivity index (χ0v) is 12.6. The van der Waals surface area contributed by atoms with Crippen LogP contribution in [0.3, 0.4) is 0 Å². The Labute approximate surface area is 120 Å². The Hall–Kier alpha value is -1.23. The first-order valence-corrected chi connectivity index (χ1v) is 7.36. The standard InChI is InChI=1S/C14H16BrN3O/c1-8-4-3-5-14(8,2)12(19)9-6-10-13(18-9)16-7-11(15)17-10/h6-8H,3-5H2,1-2H3,(H,16,18)/t8-,14-/m0/s1. The molecule has 2 aromatic rings. The van der Waals surface area contributed by atoms with E-state index in [1.165, 1.54) is 0 Å². The van der Waals surface area contributed by atoms with Crippen molar-refractivity contribution in [2.45, 2.75) is 33.1 Å². The van der Waals surface area contributed by atoms with Gasteiger partial charge in [-0.05, 0) is 40.8 Å². The van der Waals surface area contributed by atoms with E-state index in [9.17, 15) is 4.79 Å². The molecule has 0 bridgehead atoms. The van der Waals surface area contributed by atoms with Crippen molar-refractivity contribution in [3.8, 4) is 0 Å². The quantitative estimate of drug-likeness (QED) is 0.857. The molecule has 0 unspecified atom stereocenters. The van der Waals surface area contributed by atoms with Crippen molar-refractivity contribution in [2.75, 3.05) is 0 Å². The van der Waals surface area contributed by atoms with Crippen LogP contribution in [0.25, 0.3) is 11.2 Å². The number of nitrogens with zero attached hydrogens (tertiary/aromatic N) is 2. The Balaban J connectivity index is 2.02. The van der Waals surface area contributed by atoms with Crippen LogP contribution in [-0.4, -0.2) is 20.7 Å². The maximum absolute atomic E-state index is 12.7. The molecule has 3 rings (SSSR count). The molecule has 0 aromatic carbocycles. The van der Waals surface area contributed by atoms with Gasteiger partial charge in [-0.1, -0.05) is 20.3 Å². The second kappa shape index (κ2) is 4.40. The number of rotatable bonds is 2. The van der Waals surface area contributed by atoms with Gasteiger partial charge < -0.3 is 4.98 Å². The molecule has 5 heteroatoms. The molecule has 2 atom stereocenters. The van der Waals surface area contributed by atoms with Crippen LogP contribution >= 0.6 is 15.9 Å². The van der Waals surface area contributed by atoms with Crippen molar-refractivity contribution in [3.63, 3.8) is 0 Å². The number of Topliss-reactive ketones (excluding diaryl/α,β-unsaturated/α-hetero) is 1. The third kappa shape index (κ3) is 2.00. The molecular weight excluding hydrogens is 306 g/mol. The van der Waals surface area contributed by atoms with E-state index in [1.807, 2.05) is 6.07 Å². The first-order chi connectivity index (χ1) is 9.00. The molecular formula is C14H16BrN3O. The Morgan fingerprint density at radius 2 is 2.37 bits per heavy atom. The van der Waals surface area contributed by atoms with Gasteiger partial charge in [0.05, 0.1) is 11.9 Å². The summed E-state index contributed by atoms with van der Waals surface area (Å²) in [7, 11) is 0. The monoisotopic (exact) mass is 321 g/mol. The summed E-state index contributed by atoms with van der Waals surface area (Å²) >= 11 is 3.29. The van der Waals surface area contributed by atoms with Gasteiger partial charge in [0.25, 0.3) is 0 Å². The summed E-state index contributed by atoms with van der Waals surface area (Å²) in [6.45, 7) is 4.25. The summed E-state index contributed by atoms with van der Waals surface area (Å²) in [5.74, 6) is 0.618. The van der Waals surface area contributed by atoms with E-state index in [0.29, 0.717) is 21.9 Å². The van der Waals surface area contributed by atoms with Gasteiger partial charge in [-0.2, -0.15) is 0 Å². The lowest BCUT2D eigenvalue weighted by Crippen LogP contribution is -2.30. The van der Waals surface area contributed by atoms with Gasteiger partial charge in [0.1, 0.15) is 10.1 Å². The van der Waals surface area contributed by atoms with E-state index in [1.54, 1.807) is 6.20 Å². The molecule has 19 heavy (non-hydrogen) atoms. The first-order valence-electron chi connectivity index (χ1n) is 6.57. The van der Waals surface area contributed by atoms with Crippen molar-refractivity contribution in [1.82, 2.24) is 15.0 Å². The van der Waals surface area contributed by atoms with E-state index in [0.717, 1.165) is 24.8 Å². The van der Waals surface area contributed by atoms with E-state index >= 15 is 0 Å². The van der Waals surface area contributed by atoms with Gasteiger partial charge in [-0.3, -0.25) is 4.79 Å². The summed E-state index contributed by atoms with van der Waals surface area (Å²) in [5.41, 5.74) is 1.77. The summed E-state index contributed by atoms with van der Waals surface area (Å²) < 4.78 is 0.679. The van der Waals surface area contributed by atoms with Crippen LogP contribution in [0, 0.1) is 11.3 Å². The highest BCUT2D eigenvalue weighted by atomic mass is 79.9. The van der Waals surface area contributed by atoms with Crippen LogP contribution in [0.4, 0.5) is 0 Å². The van der Waals surface area contributed by atoms with Crippen LogP contribution in [0.1, 0.15) is 43.6 Å². The fraction of sp³-hybridized carbons (Fsp3) is 0.500. The van der Waals surface area contributed by atoms with Crippen molar-refractivity contribution in [2.24, 2.45) is 11.3 Å². The van der Waals surface area contributed by atoms with Gasteiger partial charge in [0.15, 0.2) is 11.4 Å². The molecule has 1 aliphatic carbocycles.